The summed E-state index contributed by atoms with van der Waals surface area (Å²) in [4.78, 5) is 22.7. The van der Waals surface area contributed by atoms with Gasteiger partial charge in [0, 0.05) is 14.1 Å². The summed E-state index contributed by atoms with van der Waals surface area (Å²) in [5, 5.41) is 9.00. The molecule has 0 atom stereocenters. The fourth-order valence-electron chi connectivity index (χ4n) is 1.15. The van der Waals surface area contributed by atoms with E-state index in [2.05, 4.69) is 10.3 Å². The highest BCUT2D eigenvalue weighted by atomic mass is 32.1. The molecule has 0 bridgehead atoms. The van der Waals surface area contributed by atoms with Crippen LogP contribution in [0.5, 0.6) is 5.75 Å². The molecule has 4 N–H and O–H groups in total. The molecule has 0 saturated heterocycles. The molecule has 9 heteroatoms. The lowest BCUT2D eigenvalue weighted by Crippen LogP contribution is -2.10. The first-order valence-corrected chi connectivity index (χ1v) is 5.59. The third-order valence-electron chi connectivity index (χ3n) is 1.82. The number of hydrogen-bond donors (Lipinski definition) is 2. The molecule has 8 nitrogen and oxygen atoms in total. The molecule has 98 valence electrons. The van der Waals surface area contributed by atoms with Crippen LogP contribution in [0.2, 0.25) is 0 Å². The van der Waals surface area contributed by atoms with Gasteiger partial charge in [-0.1, -0.05) is 5.22 Å². The maximum atomic E-state index is 11.3. The summed E-state index contributed by atoms with van der Waals surface area (Å²) >= 11 is 0.832. The summed E-state index contributed by atoms with van der Waals surface area (Å²) in [7, 11) is 4.65. The third kappa shape index (κ3) is 2.74. The number of primary amides is 2. The number of hydrogen-bond acceptors (Lipinski definition) is 6. The maximum absolute atomic E-state index is 11.3. The van der Waals surface area contributed by atoms with Crippen LogP contribution in [0.25, 0.3) is 0 Å². The van der Waals surface area contributed by atoms with Gasteiger partial charge < -0.3 is 16.2 Å². The van der Waals surface area contributed by atoms with Crippen molar-refractivity contribution in [3.63, 3.8) is 0 Å². The third-order valence-corrected chi connectivity index (χ3v) is 3.01. The Hall–Kier alpha value is -2.16. The van der Waals surface area contributed by atoms with E-state index in [-0.39, 0.29) is 21.2 Å². The normalized spacial score (nSPS) is 10.6. The van der Waals surface area contributed by atoms with E-state index in [4.69, 9.17) is 16.2 Å². The zero-order chi connectivity index (χ0) is 13.9. The summed E-state index contributed by atoms with van der Waals surface area (Å²) in [6.45, 7) is 0. The van der Waals surface area contributed by atoms with Gasteiger partial charge in [-0.15, -0.1) is 16.5 Å². The summed E-state index contributed by atoms with van der Waals surface area (Å²) < 4.78 is 5.03. The first kappa shape index (κ1) is 13.9. The molecule has 1 aromatic rings. The number of nitrogens with zero attached hydrogens (tertiary/aromatic N) is 3. The number of amides is 2. The molecule has 0 aliphatic heterocycles. The fraction of sp³-hybridized carbons (Fsp3) is 0.333. The number of rotatable bonds is 5. The van der Waals surface area contributed by atoms with Crippen LogP contribution >= 0.6 is 11.3 Å². The van der Waals surface area contributed by atoms with Crippen LogP contribution in [0.15, 0.2) is 10.3 Å². The Kier molecular flexibility index (Phi) is 4.21. The van der Waals surface area contributed by atoms with E-state index in [1.54, 1.807) is 14.1 Å². The largest absolute Gasteiger partial charge is 0.493 e. The van der Waals surface area contributed by atoms with Crippen molar-refractivity contribution in [2.45, 2.75) is 0 Å². The number of carbonyl (C=O) groups is 2. The molecule has 0 spiro atoms. The molecule has 2 amide bonds. The lowest BCUT2D eigenvalue weighted by Gasteiger charge is -2.03. The molecule has 0 saturated carbocycles. The predicted octanol–water partition coefficient (Wildman–Crippen LogP) is 0.515. The lowest BCUT2D eigenvalue weighted by atomic mass is 10.3. The first-order chi connectivity index (χ1) is 8.38. The van der Waals surface area contributed by atoms with E-state index in [9.17, 15) is 9.59 Å². The van der Waals surface area contributed by atoms with Gasteiger partial charge in [-0.3, -0.25) is 14.6 Å². The Morgan fingerprint density at radius 2 is 1.78 bits per heavy atom. The molecule has 0 fully saturated rings. The summed E-state index contributed by atoms with van der Waals surface area (Å²) in [6.07, 6.45) is 0. The SMILES string of the molecule is COc1c(C(N)=O)sc(C(N)=O)c1/N=N/N(C)C. The number of ether oxygens (including phenoxy) is 1. The van der Waals surface area contributed by atoms with Gasteiger partial charge in [-0.05, 0) is 0 Å². The molecule has 0 aromatic carbocycles. The van der Waals surface area contributed by atoms with Crippen LogP contribution < -0.4 is 16.2 Å². The topological polar surface area (TPSA) is 123 Å². The van der Waals surface area contributed by atoms with Gasteiger partial charge in [-0.2, -0.15) is 0 Å². The smallest absolute Gasteiger partial charge is 0.262 e. The molecule has 1 heterocycles. The van der Waals surface area contributed by atoms with Crippen molar-refractivity contribution in [1.29, 1.82) is 0 Å². The number of methoxy groups -OCH3 is 1. The standard InChI is InChI=1S/C9H13N5O3S/c1-14(2)13-12-4-5(17-3)7(9(11)16)18-6(4)8(10)15/h1-3H3,(H2,10,15)(H2,11,16)/b13-12+. The zero-order valence-electron chi connectivity index (χ0n) is 10.1. The van der Waals surface area contributed by atoms with Gasteiger partial charge in [0.2, 0.25) is 0 Å². The summed E-state index contributed by atoms with van der Waals surface area (Å²) in [6, 6.07) is 0. The van der Waals surface area contributed by atoms with Crippen molar-refractivity contribution in [3.8, 4) is 5.75 Å². The van der Waals surface area contributed by atoms with Gasteiger partial charge in [0.1, 0.15) is 9.75 Å². The van der Waals surface area contributed by atoms with Crippen LogP contribution in [-0.4, -0.2) is 38.0 Å². The second kappa shape index (κ2) is 5.45. The highest BCUT2D eigenvalue weighted by Gasteiger charge is 2.25. The molecule has 1 aromatic heterocycles. The first-order valence-electron chi connectivity index (χ1n) is 4.77. The second-order valence-corrected chi connectivity index (χ2v) is 4.43. The Bertz CT molecular complexity index is 509. The summed E-state index contributed by atoms with van der Waals surface area (Å²) in [5.41, 5.74) is 10.5. The van der Waals surface area contributed by atoms with Crippen molar-refractivity contribution in [2.24, 2.45) is 21.8 Å². The predicted molar refractivity (Wildman–Crippen MR) is 66.1 cm³/mol. The minimum atomic E-state index is -0.724. The average Bonchev–Trinajstić information content (AvgIpc) is 2.64. The second-order valence-electron chi connectivity index (χ2n) is 3.41. The van der Waals surface area contributed by atoms with Crippen molar-refractivity contribution >= 4 is 28.8 Å². The molecule has 0 unspecified atom stereocenters. The minimum Gasteiger partial charge on any atom is -0.493 e. The Labute approximate surface area is 107 Å². The highest BCUT2D eigenvalue weighted by molar-refractivity contribution is 7.17. The van der Waals surface area contributed by atoms with E-state index in [0.29, 0.717) is 0 Å². The van der Waals surface area contributed by atoms with Crippen LogP contribution in [0.1, 0.15) is 19.3 Å². The van der Waals surface area contributed by atoms with E-state index < -0.39 is 11.8 Å². The fourth-order valence-corrected chi connectivity index (χ4v) is 2.06. The monoisotopic (exact) mass is 271 g/mol. The van der Waals surface area contributed by atoms with Crippen LogP contribution in [0.3, 0.4) is 0 Å². The van der Waals surface area contributed by atoms with E-state index in [0.717, 1.165) is 11.3 Å². The maximum Gasteiger partial charge on any atom is 0.262 e. The molecule has 0 aliphatic carbocycles. The number of carbonyl (C=O) groups excluding carboxylic acids is 2. The number of nitrogens with two attached hydrogens (primary N) is 2. The molecule has 0 radical (unpaired) electrons. The molecule has 18 heavy (non-hydrogen) atoms. The highest BCUT2D eigenvalue weighted by Crippen LogP contribution is 2.42. The lowest BCUT2D eigenvalue weighted by molar-refractivity contribution is 0.0995. The minimum absolute atomic E-state index is 0.0752. The molecular weight excluding hydrogens is 258 g/mol. The van der Waals surface area contributed by atoms with Crippen molar-refractivity contribution in [3.05, 3.63) is 9.75 Å². The van der Waals surface area contributed by atoms with Gasteiger partial charge in [0.25, 0.3) is 11.8 Å². The van der Waals surface area contributed by atoms with Crippen molar-refractivity contribution in [1.82, 2.24) is 5.01 Å². The van der Waals surface area contributed by atoms with Gasteiger partial charge in [0.05, 0.1) is 7.11 Å². The van der Waals surface area contributed by atoms with Crippen molar-refractivity contribution in [2.75, 3.05) is 21.2 Å². The Balaban J connectivity index is 3.43. The van der Waals surface area contributed by atoms with E-state index in [1.165, 1.54) is 12.1 Å². The van der Waals surface area contributed by atoms with Crippen LogP contribution in [0.4, 0.5) is 5.69 Å². The van der Waals surface area contributed by atoms with Crippen molar-refractivity contribution < 1.29 is 14.3 Å². The quantitative estimate of drug-likeness (QED) is 0.598. The zero-order valence-corrected chi connectivity index (χ0v) is 10.9. The number of thiophene rings is 1. The molecule has 0 aliphatic rings. The van der Waals surface area contributed by atoms with Crippen LogP contribution in [-0.2, 0) is 0 Å². The van der Waals surface area contributed by atoms with E-state index >= 15 is 0 Å². The van der Waals surface area contributed by atoms with Gasteiger partial charge in [-0.25, -0.2) is 0 Å². The van der Waals surface area contributed by atoms with E-state index in [1.807, 2.05) is 0 Å². The van der Waals surface area contributed by atoms with Gasteiger partial charge in [0.15, 0.2) is 11.4 Å². The Morgan fingerprint density at radius 1 is 1.22 bits per heavy atom. The van der Waals surface area contributed by atoms with Gasteiger partial charge >= 0.3 is 0 Å². The average molecular weight is 271 g/mol. The summed E-state index contributed by atoms with van der Waals surface area (Å²) in [5.74, 6) is -1.34. The Morgan fingerprint density at radius 3 is 2.17 bits per heavy atom. The molecule has 1 rings (SSSR count). The van der Waals surface area contributed by atoms with Crippen LogP contribution in [0, 0.1) is 0 Å². The molecular formula is C9H13N5O3S.